The lowest BCUT2D eigenvalue weighted by Gasteiger charge is -2.07. The van der Waals surface area contributed by atoms with Gasteiger partial charge in [0, 0.05) is 12.0 Å². The van der Waals surface area contributed by atoms with E-state index in [1.54, 1.807) is 0 Å². The fraction of sp³-hybridized carbons (Fsp3) is 0.312. The zero-order valence-corrected chi connectivity index (χ0v) is 12.1. The zero-order valence-electron chi connectivity index (χ0n) is 11.1. The fourth-order valence-electron chi connectivity index (χ4n) is 1.47. The molecule has 0 radical (unpaired) electrons. The fourth-order valence-corrected chi connectivity index (χ4v) is 2.78. The summed E-state index contributed by atoms with van der Waals surface area (Å²) in [4.78, 5) is 0. The van der Waals surface area contributed by atoms with E-state index in [4.69, 9.17) is 5.26 Å². The molecule has 0 fully saturated rings. The van der Waals surface area contributed by atoms with Crippen molar-refractivity contribution >= 4 is 8.07 Å². The zero-order chi connectivity index (χ0) is 13.3. The van der Waals surface area contributed by atoms with E-state index in [-0.39, 0.29) is 0 Å². The third-order valence-corrected chi connectivity index (χ3v) is 4.34. The molecule has 0 saturated carbocycles. The topological polar surface area (TPSA) is 23.8 Å². The van der Waals surface area contributed by atoms with Crippen LogP contribution in [0.3, 0.4) is 0 Å². The maximum absolute atomic E-state index is 8.45. The van der Waals surface area contributed by atoms with Gasteiger partial charge in [-0.05, 0) is 25.0 Å². The maximum Gasteiger partial charge on any atom is 0.155 e. The molecule has 2 heteroatoms. The number of unbranched alkanes of at least 4 members (excludes halogenated alkanes) is 2. The molecule has 92 valence electrons. The predicted molar refractivity (Wildman–Crippen MR) is 79.4 cm³/mol. The lowest BCUT2D eigenvalue weighted by atomic mass is 10.2. The van der Waals surface area contributed by atoms with Gasteiger partial charge in [-0.3, -0.25) is 0 Å². The van der Waals surface area contributed by atoms with Crippen LogP contribution in [-0.2, 0) is 0 Å². The van der Waals surface area contributed by atoms with Crippen LogP contribution in [0.25, 0.3) is 0 Å². The van der Waals surface area contributed by atoms with Gasteiger partial charge in [-0.1, -0.05) is 49.0 Å². The normalized spacial score (nSPS) is 10.7. The molecular weight excluding hydrogens is 234 g/mol. The van der Waals surface area contributed by atoms with Gasteiger partial charge < -0.3 is 0 Å². The molecular formula is C16H19NSi. The summed E-state index contributed by atoms with van der Waals surface area (Å²) in [7, 11) is -1.57. The molecule has 0 aromatic heterocycles. The van der Waals surface area contributed by atoms with E-state index in [0.717, 1.165) is 18.4 Å². The summed E-state index contributed by atoms with van der Waals surface area (Å²) in [5, 5.41) is 8.45. The number of benzene rings is 1. The molecule has 1 rings (SSSR count). The van der Waals surface area contributed by atoms with Crippen molar-refractivity contribution in [3.8, 4) is 17.5 Å². The molecule has 0 spiro atoms. The monoisotopic (exact) mass is 253 g/mol. The lowest BCUT2D eigenvalue weighted by molar-refractivity contribution is 0.877. The second-order valence-corrected chi connectivity index (χ2v) is 8.82. The van der Waals surface area contributed by atoms with Crippen molar-refractivity contribution in [2.45, 2.75) is 32.4 Å². The van der Waals surface area contributed by atoms with Gasteiger partial charge in [0.1, 0.15) is 0 Å². The van der Waals surface area contributed by atoms with Crippen LogP contribution in [0.15, 0.2) is 42.1 Å². The van der Waals surface area contributed by atoms with E-state index >= 15 is 0 Å². The van der Waals surface area contributed by atoms with Crippen molar-refractivity contribution in [1.29, 1.82) is 5.26 Å². The van der Waals surface area contributed by atoms with Crippen molar-refractivity contribution in [1.82, 2.24) is 0 Å². The van der Waals surface area contributed by atoms with Gasteiger partial charge in [0.25, 0.3) is 0 Å². The highest BCUT2D eigenvalue weighted by molar-refractivity contribution is 6.89. The van der Waals surface area contributed by atoms with E-state index in [0.29, 0.717) is 6.42 Å². The number of allylic oxidation sites excluding steroid dienone is 1. The maximum atomic E-state index is 8.45. The average molecular weight is 253 g/mol. The molecule has 0 unspecified atom stereocenters. The van der Waals surface area contributed by atoms with Crippen molar-refractivity contribution in [3.63, 3.8) is 0 Å². The van der Waals surface area contributed by atoms with Crippen LogP contribution in [-0.4, -0.2) is 8.07 Å². The van der Waals surface area contributed by atoms with Crippen LogP contribution in [0.2, 0.25) is 13.1 Å². The molecule has 0 aliphatic heterocycles. The Kier molecular flexibility index (Phi) is 5.98. The third kappa shape index (κ3) is 6.08. The minimum Gasteiger partial charge on any atom is -0.198 e. The highest BCUT2D eigenvalue weighted by Gasteiger charge is 2.12. The number of nitriles is 1. The van der Waals surface area contributed by atoms with Crippen LogP contribution in [0.4, 0.5) is 0 Å². The lowest BCUT2D eigenvalue weighted by Crippen LogP contribution is -2.19. The highest BCUT2D eigenvalue weighted by atomic mass is 28.3. The van der Waals surface area contributed by atoms with Crippen LogP contribution in [0.5, 0.6) is 0 Å². The van der Waals surface area contributed by atoms with Crippen LogP contribution in [0.1, 0.15) is 24.8 Å². The van der Waals surface area contributed by atoms with Crippen LogP contribution in [0, 0.1) is 22.8 Å². The van der Waals surface area contributed by atoms with E-state index < -0.39 is 8.07 Å². The van der Waals surface area contributed by atoms with Crippen molar-refractivity contribution in [2.24, 2.45) is 0 Å². The first-order chi connectivity index (χ1) is 8.64. The first kappa shape index (κ1) is 14.3. The summed E-state index contributed by atoms with van der Waals surface area (Å²) in [5.41, 5.74) is 6.75. The van der Waals surface area contributed by atoms with E-state index in [9.17, 15) is 0 Å². The Labute approximate surface area is 111 Å². The summed E-state index contributed by atoms with van der Waals surface area (Å²) in [6.07, 6.45) is 4.76. The number of rotatable bonds is 4. The Bertz CT molecular complexity index is 483. The van der Waals surface area contributed by atoms with E-state index in [2.05, 4.69) is 42.4 Å². The quantitative estimate of drug-likeness (QED) is 0.451. The number of hydrogen-bond acceptors (Lipinski definition) is 1. The second kappa shape index (κ2) is 7.53. The largest absolute Gasteiger partial charge is 0.198 e. The predicted octanol–water partition coefficient (Wildman–Crippen LogP) is 4.07. The molecule has 18 heavy (non-hydrogen) atoms. The minimum atomic E-state index is -1.57. The first-order valence-electron chi connectivity index (χ1n) is 6.27. The molecule has 0 aliphatic rings. The summed E-state index contributed by atoms with van der Waals surface area (Å²) in [5.74, 6) is 3.25. The SMILES string of the molecule is C[Si](C)(C#Cc1ccccc1)/C=C/CCCC#N. The molecule has 0 bridgehead atoms. The summed E-state index contributed by atoms with van der Waals surface area (Å²) >= 11 is 0. The molecule has 1 nitrogen and oxygen atoms in total. The first-order valence-corrected chi connectivity index (χ1v) is 9.35. The Morgan fingerprint density at radius 1 is 1.22 bits per heavy atom. The van der Waals surface area contributed by atoms with E-state index in [1.807, 2.05) is 30.3 Å². The van der Waals surface area contributed by atoms with Gasteiger partial charge >= 0.3 is 0 Å². The standard InChI is InChI=1S/C16H19NSi/c1-18(2,14-9-4-3-8-13-17)15-12-16-10-6-5-7-11-16/h5-7,9-11,14H,3-4,8H2,1-2H3/b14-9+. The Morgan fingerprint density at radius 3 is 2.61 bits per heavy atom. The van der Waals surface area contributed by atoms with Gasteiger partial charge in [0.2, 0.25) is 0 Å². The van der Waals surface area contributed by atoms with Gasteiger partial charge in [-0.2, -0.15) is 5.26 Å². The molecule has 0 heterocycles. The Hall–Kier alpha value is -1.77. The van der Waals surface area contributed by atoms with E-state index in [1.165, 1.54) is 0 Å². The van der Waals surface area contributed by atoms with Crippen molar-refractivity contribution < 1.29 is 0 Å². The highest BCUT2D eigenvalue weighted by Crippen LogP contribution is 2.06. The minimum absolute atomic E-state index is 0.641. The Balaban J connectivity index is 2.55. The molecule has 0 aliphatic carbocycles. The van der Waals surface area contributed by atoms with Crippen molar-refractivity contribution in [2.75, 3.05) is 0 Å². The Morgan fingerprint density at radius 2 is 1.94 bits per heavy atom. The number of nitrogens with zero attached hydrogens (tertiary/aromatic N) is 1. The van der Waals surface area contributed by atoms with Gasteiger partial charge in [-0.25, -0.2) is 0 Å². The smallest absolute Gasteiger partial charge is 0.155 e. The summed E-state index contributed by atoms with van der Waals surface area (Å²) in [6, 6.07) is 12.3. The second-order valence-electron chi connectivity index (χ2n) is 4.79. The molecule has 1 aromatic carbocycles. The van der Waals surface area contributed by atoms with Gasteiger partial charge in [0.15, 0.2) is 8.07 Å². The molecule has 1 aromatic rings. The molecule has 0 atom stereocenters. The van der Waals surface area contributed by atoms with Gasteiger partial charge in [0.05, 0.1) is 6.07 Å². The summed E-state index contributed by atoms with van der Waals surface area (Å²) < 4.78 is 0. The third-order valence-electron chi connectivity index (χ3n) is 2.50. The van der Waals surface area contributed by atoms with Gasteiger partial charge in [-0.15, -0.1) is 5.54 Å². The van der Waals surface area contributed by atoms with Crippen LogP contribution >= 0.6 is 0 Å². The molecule has 0 amide bonds. The molecule has 0 N–H and O–H groups in total. The van der Waals surface area contributed by atoms with Crippen molar-refractivity contribution in [3.05, 3.63) is 47.7 Å². The summed E-state index contributed by atoms with van der Waals surface area (Å²) in [6.45, 7) is 4.48. The van der Waals surface area contributed by atoms with Crippen LogP contribution < -0.4 is 0 Å². The number of hydrogen-bond donors (Lipinski definition) is 0. The average Bonchev–Trinajstić information content (AvgIpc) is 2.38. The molecule has 0 saturated heterocycles.